The lowest BCUT2D eigenvalue weighted by Crippen LogP contribution is -2.39. The molecule has 1 heterocycles. The molecule has 1 aliphatic heterocycles. The number of hydrogen-bond donors (Lipinski definition) is 1. The molecule has 1 aromatic rings. The van der Waals surface area contributed by atoms with E-state index in [9.17, 15) is 19.2 Å². The van der Waals surface area contributed by atoms with Crippen molar-refractivity contribution < 1.29 is 19.2 Å². The first kappa shape index (κ1) is 15.9. The summed E-state index contributed by atoms with van der Waals surface area (Å²) in [4.78, 5) is 49.1. The number of carbonyl (C=O) groups excluding carboxylic acids is 4. The molecule has 2 aliphatic rings. The van der Waals surface area contributed by atoms with Crippen LogP contribution in [0.5, 0.6) is 0 Å². The summed E-state index contributed by atoms with van der Waals surface area (Å²) in [6.07, 6.45) is 4.47. The quantitative estimate of drug-likeness (QED) is 0.498. The Morgan fingerprint density at radius 3 is 2.58 bits per heavy atom. The van der Waals surface area contributed by atoms with E-state index >= 15 is 0 Å². The van der Waals surface area contributed by atoms with Gasteiger partial charge in [0.15, 0.2) is 0 Å². The van der Waals surface area contributed by atoms with Crippen molar-refractivity contribution in [2.75, 3.05) is 18.4 Å². The Balaban J connectivity index is 1.66. The first-order valence-electron chi connectivity index (χ1n) is 7.71. The molecule has 0 bridgehead atoms. The monoisotopic (exact) mass is 327 g/mol. The summed E-state index contributed by atoms with van der Waals surface area (Å²) in [5.41, 5.74) is 3.10. The molecule has 24 heavy (non-hydrogen) atoms. The van der Waals surface area contributed by atoms with Crippen molar-refractivity contribution in [1.29, 1.82) is 0 Å². The van der Waals surface area contributed by atoms with E-state index in [4.69, 9.17) is 0 Å². The highest BCUT2D eigenvalue weighted by atomic mass is 16.2. The van der Waals surface area contributed by atoms with Gasteiger partial charge in [-0.05, 0) is 42.5 Å². The Labute approximate surface area is 138 Å². The lowest BCUT2D eigenvalue weighted by atomic mass is 10.1. The predicted octanol–water partition coefficient (Wildman–Crippen LogP) is 1.09. The zero-order valence-corrected chi connectivity index (χ0v) is 13.1. The van der Waals surface area contributed by atoms with Crippen molar-refractivity contribution in [3.05, 3.63) is 42.0 Å². The number of anilines is 1. The van der Waals surface area contributed by atoms with Gasteiger partial charge in [0.05, 0.1) is 0 Å². The van der Waals surface area contributed by atoms with Gasteiger partial charge in [0.1, 0.15) is 6.54 Å². The van der Waals surface area contributed by atoms with Gasteiger partial charge >= 0.3 is 17.8 Å². The third-order valence-electron chi connectivity index (χ3n) is 4.13. The predicted molar refractivity (Wildman–Crippen MR) is 86.1 cm³/mol. The Hall–Kier alpha value is -2.96. The number of hydrogen-bond acceptors (Lipinski definition) is 4. The maximum absolute atomic E-state index is 12.1. The summed E-state index contributed by atoms with van der Waals surface area (Å²) in [5, 5.41) is 2.67. The van der Waals surface area contributed by atoms with Gasteiger partial charge in [-0.25, -0.2) is 9.69 Å². The third kappa shape index (κ3) is 2.80. The van der Waals surface area contributed by atoms with Crippen LogP contribution in [0.4, 0.5) is 10.5 Å². The number of rotatable bonds is 5. The van der Waals surface area contributed by atoms with Gasteiger partial charge in [-0.15, -0.1) is 6.58 Å². The number of carbonyl (C=O) groups is 4. The van der Waals surface area contributed by atoms with Crippen molar-refractivity contribution in [3.63, 3.8) is 0 Å². The van der Waals surface area contributed by atoms with Gasteiger partial charge < -0.3 is 5.32 Å². The fourth-order valence-corrected chi connectivity index (χ4v) is 2.97. The van der Waals surface area contributed by atoms with Crippen LogP contribution in [0.15, 0.2) is 30.9 Å². The second kappa shape index (κ2) is 6.27. The lowest BCUT2D eigenvalue weighted by Gasteiger charge is -2.14. The number of nitrogens with zero attached hydrogens (tertiary/aromatic N) is 2. The van der Waals surface area contributed by atoms with E-state index in [1.54, 1.807) is 6.07 Å². The third-order valence-corrected chi connectivity index (χ3v) is 4.13. The number of imide groups is 2. The SMILES string of the molecule is C=CCN1C(=O)C(=O)N(CC(=O)Nc2ccc3c(c2)CCC3)C1=O. The fraction of sp³-hybridized carbons (Fsp3) is 0.294. The highest BCUT2D eigenvalue weighted by Crippen LogP contribution is 2.25. The number of benzene rings is 1. The largest absolute Gasteiger partial charge is 0.335 e. The van der Waals surface area contributed by atoms with Crippen LogP contribution in [-0.4, -0.2) is 46.6 Å². The van der Waals surface area contributed by atoms with Gasteiger partial charge in [0.25, 0.3) is 0 Å². The average molecular weight is 327 g/mol. The maximum Gasteiger partial charge on any atom is 0.335 e. The minimum Gasteiger partial charge on any atom is -0.325 e. The summed E-state index contributed by atoms with van der Waals surface area (Å²) >= 11 is 0. The maximum atomic E-state index is 12.1. The molecule has 0 unspecified atom stereocenters. The molecular formula is C17H17N3O4. The van der Waals surface area contributed by atoms with Crippen LogP contribution in [0, 0.1) is 0 Å². The molecule has 0 spiro atoms. The molecule has 7 heteroatoms. The number of fused-ring (bicyclic) bond motifs is 1. The van der Waals surface area contributed by atoms with Crippen molar-refractivity contribution in [2.24, 2.45) is 0 Å². The molecule has 0 aromatic heterocycles. The number of urea groups is 1. The van der Waals surface area contributed by atoms with E-state index in [1.807, 2.05) is 12.1 Å². The van der Waals surface area contributed by atoms with Crippen molar-refractivity contribution in [3.8, 4) is 0 Å². The summed E-state index contributed by atoms with van der Waals surface area (Å²) in [7, 11) is 0. The van der Waals surface area contributed by atoms with Crippen LogP contribution >= 0.6 is 0 Å². The molecule has 124 valence electrons. The van der Waals surface area contributed by atoms with E-state index in [2.05, 4.69) is 11.9 Å². The second-order valence-electron chi connectivity index (χ2n) is 5.76. The Bertz CT molecular complexity index is 756. The Kier molecular flexibility index (Phi) is 4.16. The molecule has 3 rings (SSSR count). The van der Waals surface area contributed by atoms with E-state index in [1.165, 1.54) is 17.2 Å². The summed E-state index contributed by atoms with van der Waals surface area (Å²) in [6, 6.07) is 4.88. The smallest absolute Gasteiger partial charge is 0.325 e. The zero-order valence-electron chi connectivity index (χ0n) is 13.1. The molecule has 1 fully saturated rings. The first-order valence-corrected chi connectivity index (χ1v) is 7.71. The lowest BCUT2D eigenvalue weighted by molar-refractivity contribution is -0.143. The van der Waals surface area contributed by atoms with Crippen molar-refractivity contribution >= 4 is 29.4 Å². The molecule has 5 amide bonds. The minimum absolute atomic E-state index is 0.0631. The highest BCUT2D eigenvalue weighted by Gasteiger charge is 2.44. The molecule has 0 atom stereocenters. The Morgan fingerprint density at radius 2 is 1.83 bits per heavy atom. The number of amides is 5. The topological polar surface area (TPSA) is 86.8 Å². The second-order valence-corrected chi connectivity index (χ2v) is 5.76. The van der Waals surface area contributed by atoms with Gasteiger partial charge in [0, 0.05) is 12.2 Å². The molecule has 1 aliphatic carbocycles. The van der Waals surface area contributed by atoms with Gasteiger partial charge in [-0.2, -0.15) is 0 Å². The molecule has 0 saturated carbocycles. The molecule has 1 N–H and O–H groups in total. The van der Waals surface area contributed by atoms with Crippen LogP contribution < -0.4 is 5.32 Å². The van der Waals surface area contributed by atoms with Crippen LogP contribution in [0.3, 0.4) is 0 Å². The van der Waals surface area contributed by atoms with E-state index < -0.39 is 30.3 Å². The molecule has 1 saturated heterocycles. The first-order chi connectivity index (χ1) is 11.5. The van der Waals surface area contributed by atoms with Crippen LogP contribution in [0.25, 0.3) is 0 Å². The highest BCUT2D eigenvalue weighted by molar-refractivity contribution is 6.45. The van der Waals surface area contributed by atoms with E-state index in [0.717, 1.165) is 24.2 Å². The fourth-order valence-electron chi connectivity index (χ4n) is 2.97. The van der Waals surface area contributed by atoms with Crippen LogP contribution in [-0.2, 0) is 27.2 Å². The van der Waals surface area contributed by atoms with Gasteiger partial charge in [0.2, 0.25) is 5.91 Å². The van der Waals surface area contributed by atoms with E-state index in [0.29, 0.717) is 10.6 Å². The summed E-state index contributed by atoms with van der Waals surface area (Å²) in [5.74, 6) is -2.46. The molecular weight excluding hydrogens is 310 g/mol. The zero-order chi connectivity index (χ0) is 17.3. The van der Waals surface area contributed by atoms with Gasteiger partial charge in [-0.3, -0.25) is 19.3 Å². The van der Waals surface area contributed by atoms with Crippen molar-refractivity contribution in [1.82, 2.24) is 9.80 Å². The molecule has 0 radical (unpaired) electrons. The van der Waals surface area contributed by atoms with Crippen LogP contribution in [0.2, 0.25) is 0 Å². The average Bonchev–Trinajstić information content (AvgIpc) is 3.09. The van der Waals surface area contributed by atoms with E-state index in [-0.39, 0.29) is 6.54 Å². The summed E-state index contributed by atoms with van der Waals surface area (Å²) < 4.78 is 0. The minimum atomic E-state index is -0.994. The van der Waals surface area contributed by atoms with Gasteiger partial charge in [-0.1, -0.05) is 12.1 Å². The number of nitrogens with one attached hydrogen (secondary N) is 1. The van der Waals surface area contributed by atoms with Crippen LogP contribution in [0.1, 0.15) is 17.5 Å². The molecule has 1 aromatic carbocycles. The Morgan fingerprint density at radius 1 is 1.12 bits per heavy atom. The summed E-state index contributed by atoms with van der Waals surface area (Å²) in [6.45, 7) is 2.88. The normalized spacial score (nSPS) is 16.6. The van der Waals surface area contributed by atoms with Crippen molar-refractivity contribution in [2.45, 2.75) is 19.3 Å². The standard InChI is InChI=1S/C17H17N3O4/c1-2-8-19-15(22)16(23)20(17(19)24)10-14(21)18-13-7-6-11-4-3-5-12(11)9-13/h2,6-7,9H,1,3-5,8,10H2,(H,18,21). The number of aryl methyl sites for hydroxylation is 2. The molecule has 7 nitrogen and oxygen atoms in total.